The first-order valence-electron chi connectivity index (χ1n) is 8.01. The van der Waals surface area contributed by atoms with Crippen molar-refractivity contribution in [2.75, 3.05) is 0 Å². The second-order valence-corrected chi connectivity index (χ2v) is 7.10. The van der Waals surface area contributed by atoms with Gasteiger partial charge in [0.15, 0.2) is 0 Å². The van der Waals surface area contributed by atoms with Gasteiger partial charge in [-0.15, -0.1) is 0 Å². The zero-order valence-electron chi connectivity index (χ0n) is 14.0. The maximum Gasteiger partial charge on any atom is 0.121 e. The minimum Gasteiger partial charge on any atom is -0.486 e. The summed E-state index contributed by atoms with van der Waals surface area (Å²) >= 11 is 0. The van der Waals surface area contributed by atoms with Gasteiger partial charge in [0.2, 0.25) is 0 Å². The molecular formula is C20H28O. The van der Waals surface area contributed by atoms with Crippen molar-refractivity contribution in [1.29, 1.82) is 0 Å². The van der Waals surface area contributed by atoms with E-state index in [-0.39, 0.29) is 11.5 Å². The SMILES string of the molecule is CC(Oc1ccc(C(C)C(C)(C)C)cc1)C1=CCCC=C1. The second kappa shape index (κ2) is 6.51. The Balaban J connectivity index is 2.02. The summed E-state index contributed by atoms with van der Waals surface area (Å²) in [6.45, 7) is 11.3. The van der Waals surface area contributed by atoms with Crippen LogP contribution >= 0.6 is 0 Å². The largest absolute Gasteiger partial charge is 0.486 e. The van der Waals surface area contributed by atoms with Crippen LogP contribution in [0.15, 0.2) is 48.1 Å². The van der Waals surface area contributed by atoms with Gasteiger partial charge in [0, 0.05) is 0 Å². The van der Waals surface area contributed by atoms with Gasteiger partial charge < -0.3 is 4.74 Å². The number of hydrogen-bond donors (Lipinski definition) is 0. The molecule has 0 radical (unpaired) electrons. The Morgan fingerprint density at radius 1 is 1.00 bits per heavy atom. The molecule has 2 atom stereocenters. The lowest BCUT2D eigenvalue weighted by molar-refractivity contribution is 0.260. The van der Waals surface area contributed by atoms with E-state index in [4.69, 9.17) is 4.74 Å². The van der Waals surface area contributed by atoms with E-state index < -0.39 is 0 Å². The van der Waals surface area contributed by atoms with E-state index in [1.54, 1.807) is 0 Å². The molecule has 0 saturated carbocycles. The van der Waals surface area contributed by atoms with E-state index >= 15 is 0 Å². The molecule has 114 valence electrons. The average molecular weight is 284 g/mol. The standard InChI is InChI=1S/C20H28O/c1-15(20(3,4)5)17-11-13-19(14-12-17)21-16(2)18-9-7-6-8-10-18/h7,9-16H,6,8H2,1-5H3. The molecule has 0 aliphatic heterocycles. The van der Waals surface area contributed by atoms with E-state index in [0.717, 1.165) is 18.6 Å². The number of benzene rings is 1. The van der Waals surface area contributed by atoms with Gasteiger partial charge in [-0.05, 0) is 54.4 Å². The summed E-state index contributed by atoms with van der Waals surface area (Å²) in [4.78, 5) is 0. The van der Waals surface area contributed by atoms with E-state index in [1.165, 1.54) is 11.1 Å². The van der Waals surface area contributed by atoms with Crippen molar-refractivity contribution >= 4 is 0 Å². The van der Waals surface area contributed by atoms with Gasteiger partial charge in [-0.2, -0.15) is 0 Å². The van der Waals surface area contributed by atoms with Crippen molar-refractivity contribution in [3.8, 4) is 5.75 Å². The van der Waals surface area contributed by atoms with E-state index in [2.05, 4.69) is 77.1 Å². The van der Waals surface area contributed by atoms with Crippen LogP contribution in [0.2, 0.25) is 0 Å². The van der Waals surface area contributed by atoms with Gasteiger partial charge in [0.25, 0.3) is 0 Å². The zero-order valence-corrected chi connectivity index (χ0v) is 14.0. The van der Waals surface area contributed by atoms with Crippen molar-refractivity contribution in [2.45, 2.75) is 59.5 Å². The summed E-state index contributed by atoms with van der Waals surface area (Å²) in [5, 5.41) is 0. The van der Waals surface area contributed by atoms with Crippen LogP contribution in [0.3, 0.4) is 0 Å². The van der Waals surface area contributed by atoms with Gasteiger partial charge in [-0.25, -0.2) is 0 Å². The lowest BCUT2D eigenvalue weighted by Crippen LogP contribution is -2.16. The molecule has 0 N–H and O–H groups in total. The van der Waals surface area contributed by atoms with Crippen LogP contribution in [0.25, 0.3) is 0 Å². The molecule has 1 nitrogen and oxygen atoms in total. The van der Waals surface area contributed by atoms with Crippen molar-refractivity contribution in [3.05, 3.63) is 53.6 Å². The van der Waals surface area contributed by atoms with Crippen LogP contribution in [-0.2, 0) is 0 Å². The van der Waals surface area contributed by atoms with Gasteiger partial charge in [0.05, 0.1) is 0 Å². The second-order valence-electron chi connectivity index (χ2n) is 7.10. The lowest BCUT2D eigenvalue weighted by Gasteiger charge is -2.28. The van der Waals surface area contributed by atoms with Gasteiger partial charge in [-0.3, -0.25) is 0 Å². The van der Waals surface area contributed by atoms with Crippen molar-refractivity contribution in [2.24, 2.45) is 5.41 Å². The summed E-state index contributed by atoms with van der Waals surface area (Å²) in [7, 11) is 0. The number of hydrogen-bond acceptors (Lipinski definition) is 1. The molecule has 0 saturated heterocycles. The molecular weight excluding hydrogens is 256 g/mol. The fraction of sp³-hybridized carbons (Fsp3) is 0.500. The number of rotatable bonds is 4. The Labute approximate surface area is 129 Å². The first-order valence-corrected chi connectivity index (χ1v) is 8.01. The van der Waals surface area contributed by atoms with Gasteiger partial charge in [-0.1, -0.05) is 58.1 Å². The van der Waals surface area contributed by atoms with Crippen LogP contribution in [-0.4, -0.2) is 6.10 Å². The predicted octanol–water partition coefficient (Wildman–Crippen LogP) is 5.88. The lowest BCUT2D eigenvalue weighted by atomic mass is 9.78. The Bertz CT molecular complexity index is 514. The molecule has 1 heteroatoms. The third-order valence-corrected chi connectivity index (χ3v) is 4.49. The van der Waals surface area contributed by atoms with E-state index in [1.807, 2.05) is 0 Å². The van der Waals surface area contributed by atoms with Crippen molar-refractivity contribution in [3.63, 3.8) is 0 Å². The highest BCUT2D eigenvalue weighted by atomic mass is 16.5. The fourth-order valence-electron chi connectivity index (χ4n) is 2.54. The molecule has 1 aliphatic carbocycles. The van der Waals surface area contributed by atoms with Crippen molar-refractivity contribution in [1.82, 2.24) is 0 Å². The Morgan fingerprint density at radius 3 is 2.19 bits per heavy atom. The van der Waals surface area contributed by atoms with Gasteiger partial charge in [0.1, 0.15) is 11.9 Å². The molecule has 0 heterocycles. The molecule has 0 aromatic heterocycles. The smallest absolute Gasteiger partial charge is 0.121 e. The van der Waals surface area contributed by atoms with Crippen LogP contribution in [0, 0.1) is 5.41 Å². The molecule has 0 spiro atoms. The Hall–Kier alpha value is -1.50. The molecule has 0 fully saturated rings. The summed E-state index contributed by atoms with van der Waals surface area (Å²) < 4.78 is 6.05. The number of ether oxygens (including phenoxy) is 1. The maximum atomic E-state index is 6.05. The molecule has 0 amide bonds. The summed E-state index contributed by atoms with van der Waals surface area (Å²) in [6.07, 6.45) is 9.08. The van der Waals surface area contributed by atoms with Crippen LogP contribution < -0.4 is 4.74 Å². The molecule has 1 aromatic rings. The molecule has 21 heavy (non-hydrogen) atoms. The Morgan fingerprint density at radius 2 is 1.67 bits per heavy atom. The highest BCUT2D eigenvalue weighted by Gasteiger charge is 2.21. The monoisotopic (exact) mass is 284 g/mol. The molecule has 0 bridgehead atoms. The van der Waals surface area contributed by atoms with Crippen LogP contribution in [0.1, 0.15) is 58.9 Å². The van der Waals surface area contributed by atoms with E-state index in [9.17, 15) is 0 Å². The van der Waals surface area contributed by atoms with Crippen LogP contribution in [0.5, 0.6) is 5.75 Å². The molecule has 2 rings (SSSR count). The summed E-state index contributed by atoms with van der Waals surface area (Å²) in [5.41, 5.74) is 2.94. The zero-order chi connectivity index (χ0) is 15.5. The van der Waals surface area contributed by atoms with Gasteiger partial charge >= 0.3 is 0 Å². The molecule has 2 unspecified atom stereocenters. The topological polar surface area (TPSA) is 9.23 Å². The fourth-order valence-corrected chi connectivity index (χ4v) is 2.54. The van der Waals surface area contributed by atoms with E-state index in [0.29, 0.717) is 5.92 Å². The summed E-state index contributed by atoms with van der Waals surface area (Å²) in [6, 6.07) is 8.59. The predicted molar refractivity (Wildman–Crippen MR) is 90.9 cm³/mol. The van der Waals surface area contributed by atoms with Crippen LogP contribution in [0.4, 0.5) is 0 Å². The highest BCUT2D eigenvalue weighted by Crippen LogP contribution is 2.35. The van der Waals surface area contributed by atoms with Crippen molar-refractivity contribution < 1.29 is 4.74 Å². The number of allylic oxidation sites excluding steroid dienone is 2. The highest BCUT2D eigenvalue weighted by molar-refractivity contribution is 5.32. The normalized spacial score (nSPS) is 18.0. The minimum atomic E-state index is 0.118. The maximum absolute atomic E-state index is 6.05. The quantitative estimate of drug-likeness (QED) is 0.671. The third-order valence-electron chi connectivity index (χ3n) is 4.49. The first kappa shape index (κ1) is 15.9. The third kappa shape index (κ3) is 4.23. The first-order chi connectivity index (χ1) is 9.88. The Kier molecular flexibility index (Phi) is 4.92. The average Bonchev–Trinajstić information content (AvgIpc) is 2.47. The minimum absolute atomic E-state index is 0.118. The molecule has 1 aliphatic rings. The summed E-state index contributed by atoms with van der Waals surface area (Å²) in [5.74, 6) is 1.49. The molecule has 1 aromatic carbocycles.